The van der Waals surface area contributed by atoms with Gasteiger partial charge >= 0.3 is 6.18 Å². The molecule has 3 aromatic heterocycles. The van der Waals surface area contributed by atoms with E-state index in [1.54, 1.807) is 6.20 Å². The second kappa shape index (κ2) is 5.20. The van der Waals surface area contributed by atoms with Crippen LogP contribution in [0.1, 0.15) is 12.6 Å². The monoisotopic (exact) mass is 328 g/mol. The molecule has 0 bridgehead atoms. The van der Waals surface area contributed by atoms with Gasteiger partial charge in [-0.15, -0.1) is 11.8 Å². The minimum absolute atomic E-state index is 0.151. The first-order valence-electron chi connectivity index (χ1n) is 6.29. The Hall–Kier alpha value is -2.23. The Morgan fingerprint density at radius 2 is 2.18 bits per heavy atom. The summed E-state index contributed by atoms with van der Waals surface area (Å²) < 4.78 is 39.5. The van der Waals surface area contributed by atoms with E-state index in [-0.39, 0.29) is 5.65 Å². The molecule has 3 heterocycles. The van der Waals surface area contributed by atoms with Crippen molar-refractivity contribution in [3.05, 3.63) is 24.3 Å². The molecule has 10 heteroatoms. The van der Waals surface area contributed by atoms with E-state index >= 15 is 0 Å². The van der Waals surface area contributed by atoms with E-state index in [0.29, 0.717) is 17.2 Å². The van der Waals surface area contributed by atoms with Gasteiger partial charge < -0.3 is 5.73 Å². The summed E-state index contributed by atoms with van der Waals surface area (Å²) in [5.41, 5.74) is 5.99. The normalized spacial score (nSPS) is 12.2. The lowest BCUT2D eigenvalue weighted by atomic mass is 10.3. The van der Waals surface area contributed by atoms with Crippen LogP contribution in [-0.4, -0.2) is 30.3 Å². The van der Waals surface area contributed by atoms with E-state index in [9.17, 15) is 13.2 Å². The molecule has 22 heavy (non-hydrogen) atoms. The summed E-state index contributed by atoms with van der Waals surface area (Å²) in [4.78, 5) is 8.32. The number of nitrogens with one attached hydrogen (secondary N) is 1. The first-order valence-corrected chi connectivity index (χ1v) is 7.27. The van der Waals surface area contributed by atoms with Crippen LogP contribution in [0.2, 0.25) is 0 Å². The number of rotatable bonds is 3. The third kappa shape index (κ3) is 2.49. The molecule has 0 unspecified atom stereocenters. The fourth-order valence-corrected chi connectivity index (χ4v) is 2.75. The van der Waals surface area contributed by atoms with Gasteiger partial charge in [-0.3, -0.25) is 9.50 Å². The van der Waals surface area contributed by atoms with Gasteiger partial charge in [-0.2, -0.15) is 18.3 Å². The molecule has 0 fully saturated rings. The van der Waals surface area contributed by atoms with Crippen LogP contribution in [0.25, 0.3) is 17.0 Å². The van der Waals surface area contributed by atoms with Crippen molar-refractivity contribution in [3.63, 3.8) is 0 Å². The van der Waals surface area contributed by atoms with Crippen molar-refractivity contribution in [2.24, 2.45) is 0 Å². The second-order valence-corrected chi connectivity index (χ2v) is 5.68. The number of fused-ring (bicyclic) bond motifs is 1. The van der Waals surface area contributed by atoms with Crippen LogP contribution in [-0.2, 0) is 6.18 Å². The fraction of sp³-hybridized carbons (Fsp3) is 0.250. The number of halogens is 3. The minimum Gasteiger partial charge on any atom is -0.381 e. The predicted molar refractivity (Wildman–Crippen MR) is 76.4 cm³/mol. The van der Waals surface area contributed by atoms with Crippen LogP contribution >= 0.6 is 11.8 Å². The van der Waals surface area contributed by atoms with Crippen LogP contribution in [0.4, 0.5) is 19.0 Å². The summed E-state index contributed by atoms with van der Waals surface area (Å²) in [6, 6.07) is 0.899. The summed E-state index contributed by atoms with van der Waals surface area (Å²) >= 11 is 1.48. The van der Waals surface area contributed by atoms with E-state index in [0.717, 1.165) is 23.0 Å². The molecule has 0 atom stereocenters. The number of nitrogens with zero attached hydrogens (tertiary/aromatic N) is 4. The van der Waals surface area contributed by atoms with Crippen LogP contribution in [0.15, 0.2) is 23.5 Å². The number of alkyl halides is 3. The molecule has 0 spiro atoms. The Kier molecular flexibility index (Phi) is 3.47. The zero-order valence-corrected chi connectivity index (χ0v) is 12.2. The number of aromatic amines is 1. The molecule has 116 valence electrons. The summed E-state index contributed by atoms with van der Waals surface area (Å²) in [6.45, 7) is 1.96. The zero-order valence-electron chi connectivity index (χ0n) is 11.3. The summed E-state index contributed by atoms with van der Waals surface area (Å²) in [5, 5.41) is 6.69. The molecule has 6 nitrogen and oxygen atoms in total. The maximum absolute atomic E-state index is 12.7. The largest absolute Gasteiger partial charge is 0.433 e. The predicted octanol–water partition coefficient (Wildman–Crippen LogP) is 2.83. The Morgan fingerprint density at radius 3 is 2.86 bits per heavy atom. The second-order valence-electron chi connectivity index (χ2n) is 4.41. The maximum atomic E-state index is 12.7. The Morgan fingerprint density at radius 1 is 1.41 bits per heavy atom. The molecule has 3 rings (SSSR count). The van der Waals surface area contributed by atoms with Crippen molar-refractivity contribution >= 4 is 23.2 Å². The van der Waals surface area contributed by atoms with Crippen molar-refractivity contribution in [3.8, 4) is 11.4 Å². The number of anilines is 1. The average molecular weight is 328 g/mol. The van der Waals surface area contributed by atoms with Crippen molar-refractivity contribution in [1.29, 1.82) is 0 Å². The molecule has 0 aliphatic heterocycles. The van der Waals surface area contributed by atoms with E-state index < -0.39 is 11.9 Å². The van der Waals surface area contributed by atoms with Crippen LogP contribution < -0.4 is 5.73 Å². The lowest BCUT2D eigenvalue weighted by Gasteiger charge is -2.04. The van der Waals surface area contributed by atoms with Crippen LogP contribution in [0.3, 0.4) is 0 Å². The Balaban J connectivity index is 2.09. The van der Waals surface area contributed by atoms with Gasteiger partial charge in [0.25, 0.3) is 0 Å². The zero-order chi connectivity index (χ0) is 15.9. The average Bonchev–Trinajstić information content (AvgIpc) is 3.01. The number of aromatic nitrogens is 5. The summed E-state index contributed by atoms with van der Waals surface area (Å²) in [5.74, 6) is 1.12. The lowest BCUT2D eigenvalue weighted by molar-refractivity contribution is -0.141. The molecule has 0 saturated heterocycles. The van der Waals surface area contributed by atoms with Gasteiger partial charge in [0.2, 0.25) is 0 Å². The lowest BCUT2D eigenvalue weighted by Crippen LogP contribution is -2.08. The standard InChI is InChI=1S/C12H11F3N6S/c1-2-22-10-9(19-20-11(10)16)6-4-21-5-17-7(12(13,14)15)3-8(21)18-6/h3-5H,2H2,1H3,(H3,16,19,20). The highest BCUT2D eigenvalue weighted by Crippen LogP contribution is 2.34. The highest BCUT2D eigenvalue weighted by Gasteiger charge is 2.33. The Bertz CT molecular complexity index is 822. The number of thioether (sulfide) groups is 1. The Labute approximate surface area is 126 Å². The number of nitrogen functional groups attached to an aromatic ring is 1. The topological polar surface area (TPSA) is 84.9 Å². The molecular weight excluding hydrogens is 317 g/mol. The SMILES string of the molecule is CCSc1c(N)n[nH]c1-c1cn2cnc(C(F)(F)F)cc2n1. The van der Waals surface area contributed by atoms with Gasteiger partial charge in [0, 0.05) is 12.3 Å². The van der Waals surface area contributed by atoms with Crippen LogP contribution in [0, 0.1) is 0 Å². The van der Waals surface area contributed by atoms with Crippen molar-refractivity contribution < 1.29 is 13.2 Å². The quantitative estimate of drug-likeness (QED) is 0.722. The number of hydrogen-bond acceptors (Lipinski definition) is 5. The molecule has 3 N–H and O–H groups in total. The molecule has 3 aromatic rings. The molecule has 0 aliphatic rings. The summed E-state index contributed by atoms with van der Waals surface area (Å²) in [7, 11) is 0. The minimum atomic E-state index is -4.50. The van der Waals surface area contributed by atoms with E-state index in [2.05, 4.69) is 20.2 Å². The molecule has 0 amide bonds. The van der Waals surface area contributed by atoms with Crippen molar-refractivity contribution in [2.45, 2.75) is 18.0 Å². The third-order valence-corrected chi connectivity index (χ3v) is 3.92. The number of H-pyrrole nitrogens is 1. The molecule has 0 saturated carbocycles. The highest BCUT2D eigenvalue weighted by molar-refractivity contribution is 7.99. The van der Waals surface area contributed by atoms with Gasteiger partial charge in [-0.25, -0.2) is 9.97 Å². The summed E-state index contributed by atoms with van der Waals surface area (Å²) in [6.07, 6.45) is -1.84. The van der Waals surface area contributed by atoms with Gasteiger partial charge in [0.05, 0.1) is 4.90 Å². The number of nitrogens with two attached hydrogens (primary N) is 1. The van der Waals surface area contributed by atoms with Gasteiger partial charge in [-0.05, 0) is 5.75 Å². The van der Waals surface area contributed by atoms with Crippen molar-refractivity contribution in [2.75, 3.05) is 11.5 Å². The maximum Gasteiger partial charge on any atom is 0.433 e. The van der Waals surface area contributed by atoms with E-state index in [4.69, 9.17) is 5.73 Å². The fourth-order valence-electron chi connectivity index (χ4n) is 1.98. The first kappa shape index (κ1) is 14.7. The smallest absolute Gasteiger partial charge is 0.381 e. The van der Waals surface area contributed by atoms with Crippen molar-refractivity contribution in [1.82, 2.24) is 24.6 Å². The molecular formula is C12H11F3N6S. The van der Waals surface area contributed by atoms with Gasteiger partial charge in [-0.1, -0.05) is 6.92 Å². The number of imidazole rings is 1. The molecule has 0 aromatic carbocycles. The molecule has 0 radical (unpaired) electrons. The van der Waals surface area contributed by atoms with E-state index in [1.165, 1.54) is 16.2 Å². The van der Waals surface area contributed by atoms with E-state index in [1.807, 2.05) is 6.92 Å². The third-order valence-electron chi connectivity index (χ3n) is 2.93. The molecule has 0 aliphatic carbocycles. The first-order chi connectivity index (χ1) is 10.4. The highest BCUT2D eigenvalue weighted by atomic mass is 32.2. The van der Waals surface area contributed by atoms with Gasteiger partial charge in [0.15, 0.2) is 5.82 Å². The number of hydrogen-bond donors (Lipinski definition) is 2. The van der Waals surface area contributed by atoms with Gasteiger partial charge in [0.1, 0.15) is 29.1 Å². The van der Waals surface area contributed by atoms with Crippen LogP contribution in [0.5, 0.6) is 0 Å².